The van der Waals surface area contributed by atoms with Gasteiger partial charge in [-0.15, -0.1) is 11.6 Å². The number of nitrogens with zero attached hydrogens (tertiary/aromatic N) is 2. The zero-order valence-electron chi connectivity index (χ0n) is 11.4. The lowest BCUT2D eigenvalue weighted by Gasteiger charge is -2.18. The quantitative estimate of drug-likeness (QED) is 0.755. The van der Waals surface area contributed by atoms with E-state index in [2.05, 4.69) is 16.5 Å². The number of imidazole rings is 1. The fourth-order valence-electron chi connectivity index (χ4n) is 2.21. The fourth-order valence-corrected chi connectivity index (χ4v) is 2.57. The van der Waals surface area contributed by atoms with E-state index in [-0.39, 0.29) is 11.4 Å². The Hall–Kier alpha value is -0.770. The van der Waals surface area contributed by atoms with Crippen LogP contribution in [0.5, 0.6) is 0 Å². The summed E-state index contributed by atoms with van der Waals surface area (Å²) < 4.78 is 7.63. The molecule has 0 aliphatic carbocycles. The van der Waals surface area contributed by atoms with Crippen molar-refractivity contribution in [2.75, 3.05) is 13.2 Å². The van der Waals surface area contributed by atoms with E-state index in [4.69, 9.17) is 27.9 Å². The Kier molecular flexibility index (Phi) is 4.71. The van der Waals surface area contributed by atoms with E-state index in [1.54, 1.807) is 0 Å². The number of halogens is 2. The second kappa shape index (κ2) is 6.12. The molecule has 0 bridgehead atoms. The lowest BCUT2D eigenvalue weighted by molar-refractivity contribution is 0.119. The molecule has 0 spiro atoms. The molecule has 2 aromatic rings. The van der Waals surface area contributed by atoms with Gasteiger partial charge in [-0.2, -0.15) is 0 Å². The van der Waals surface area contributed by atoms with Gasteiger partial charge in [-0.3, -0.25) is 0 Å². The van der Waals surface area contributed by atoms with Crippen LogP contribution in [-0.2, 0) is 4.74 Å². The fraction of sp³-hybridized carbons (Fsp3) is 0.500. The Morgan fingerprint density at radius 3 is 2.74 bits per heavy atom. The summed E-state index contributed by atoms with van der Waals surface area (Å²) >= 11 is 12.4. The molecule has 1 heterocycles. The van der Waals surface area contributed by atoms with Gasteiger partial charge in [-0.25, -0.2) is 4.98 Å². The van der Waals surface area contributed by atoms with Crippen LogP contribution in [0.15, 0.2) is 18.2 Å². The molecule has 19 heavy (non-hydrogen) atoms. The predicted octanol–water partition coefficient (Wildman–Crippen LogP) is 4.59. The van der Waals surface area contributed by atoms with Crippen molar-refractivity contribution in [2.45, 2.75) is 32.2 Å². The summed E-state index contributed by atoms with van der Waals surface area (Å²) in [6.45, 7) is 7.33. The van der Waals surface area contributed by atoms with Gasteiger partial charge in [-0.1, -0.05) is 17.7 Å². The lowest BCUT2D eigenvalue weighted by atomic mass is 10.2. The molecule has 0 amide bonds. The second-order valence-corrected chi connectivity index (χ2v) is 5.63. The number of hydrogen-bond donors (Lipinski definition) is 0. The van der Waals surface area contributed by atoms with Crippen LogP contribution in [0.2, 0.25) is 5.02 Å². The Morgan fingerprint density at radius 1 is 1.37 bits per heavy atom. The second-order valence-electron chi connectivity index (χ2n) is 4.57. The molecule has 0 radical (unpaired) electrons. The molecule has 2 rings (SSSR count). The SMILES string of the molecule is CCOCC(C)n1c(C(C)Cl)nc2c(Cl)cccc21. The van der Waals surface area contributed by atoms with E-state index in [9.17, 15) is 0 Å². The Morgan fingerprint density at radius 2 is 2.11 bits per heavy atom. The maximum absolute atomic E-state index is 6.24. The Labute approximate surface area is 123 Å². The van der Waals surface area contributed by atoms with Gasteiger partial charge in [0.2, 0.25) is 0 Å². The average molecular weight is 301 g/mol. The molecule has 5 heteroatoms. The number of alkyl halides is 1. The first-order valence-electron chi connectivity index (χ1n) is 6.44. The maximum atomic E-state index is 6.24. The Balaban J connectivity index is 2.55. The molecule has 1 aromatic carbocycles. The summed E-state index contributed by atoms with van der Waals surface area (Å²) in [4.78, 5) is 4.58. The van der Waals surface area contributed by atoms with Crippen LogP contribution >= 0.6 is 23.2 Å². The number of fused-ring (bicyclic) bond motifs is 1. The number of para-hydroxylation sites is 1. The van der Waals surface area contributed by atoms with Gasteiger partial charge in [0.1, 0.15) is 11.3 Å². The van der Waals surface area contributed by atoms with Crippen molar-refractivity contribution in [3.8, 4) is 0 Å². The van der Waals surface area contributed by atoms with E-state index >= 15 is 0 Å². The van der Waals surface area contributed by atoms with Crippen molar-refractivity contribution in [1.29, 1.82) is 0 Å². The van der Waals surface area contributed by atoms with Crippen molar-refractivity contribution in [1.82, 2.24) is 9.55 Å². The molecule has 2 atom stereocenters. The predicted molar refractivity (Wildman–Crippen MR) is 80.2 cm³/mol. The summed E-state index contributed by atoms with van der Waals surface area (Å²) in [6, 6.07) is 5.95. The minimum Gasteiger partial charge on any atom is -0.380 e. The van der Waals surface area contributed by atoms with E-state index in [1.807, 2.05) is 32.0 Å². The average Bonchev–Trinajstić information content (AvgIpc) is 2.77. The number of ether oxygens (including phenoxy) is 1. The zero-order valence-corrected chi connectivity index (χ0v) is 12.9. The van der Waals surface area contributed by atoms with E-state index in [0.29, 0.717) is 18.2 Å². The van der Waals surface area contributed by atoms with Crippen LogP contribution in [0.3, 0.4) is 0 Å². The monoisotopic (exact) mass is 300 g/mol. The standard InChI is InChI=1S/C14H18Cl2N2O/c1-4-19-8-9(2)18-12-7-5-6-11(16)13(12)17-14(18)10(3)15/h5-7,9-10H,4,8H2,1-3H3. The van der Waals surface area contributed by atoms with Gasteiger partial charge in [0.25, 0.3) is 0 Å². The summed E-state index contributed by atoms with van der Waals surface area (Å²) in [5.41, 5.74) is 1.80. The highest BCUT2D eigenvalue weighted by Gasteiger charge is 2.20. The van der Waals surface area contributed by atoms with Gasteiger partial charge < -0.3 is 9.30 Å². The molecular formula is C14H18Cl2N2O. The summed E-state index contributed by atoms with van der Waals surface area (Å²) in [6.07, 6.45) is 0. The highest BCUT2D eigenvalue weighted by molar-refractivity contribution is 6.35. The van der Waals surface area contributed by atoms with Crippen molar-refractivity contribution < 1.29 is 4.74 Å². The van der Waals surface area contributed by atoms with Crippen molar-refractivity contribution >= 4 is 34.2 Å². The first-order chi connectivity index (χ1) is 9.06. The zero-order chi connectivity index (χ0) is 14.0. The third-order valence-electron chi connectivity index (χ3n) is 3.06. The van der Waals surface area contributed by atoms with Crippen LogP contribution in [-0.4, -0.2) is 22.8 Å². The molecule has 0 saturated heterocycles. The van der Waals surface area contributed by atoms with Gasteiger partial charge in [-0.05, 0) is 32.9 Å². The third kappa shape index (κ3) is 2.88. The molecule has 0 fully saturated rings. The van der Waals surface area contributed by atoms with Crippen molar-refractivity contribution in [3.63, 3.8) is 0 Å². The maximum Gasteiger partial charge on any atom is 0.128 e. The lowest BCUT2D eigenvalue weighted by Crippen LogP contribution is -2.15. The smallest absolute Gasteiger partial charge is 0.128 e. The highest BCUT2D eigenvalue weighted by atomic mass is 35.5. The molecule has 1 aromatic heterocycles. The number of aromatic nitrogens is 2. The molecular weight excluding hydrogens is 283 g/mol. The first-order valence-corrected chi connectivity index (χ1v) is 7.25. The van der Waals surface area contributed by atoms with Crippen LogP contribution in [0.25, 0.3) is 11.0 Å². The summed E-state index contributed by atoms with van der Waals surface area (Å²) in [5, 5.41) is 0.478. The summed E-state index contributed by atoms with van der Waals surface area (Å²) in [7, 11) is 0. The third-order valence-corrected chi connectivity index (χ3v) is 3.56. The Bertz CT molecular complexity index is 566. The van der Waals surface area contributed by atoms with Crippen LogP contribution in [0.4, 0.5) is 0 Å². The van der Waals surface area contributed by atoms with Gasteiger partial charge in [0.15, 0.2) is 0 Å². The molecule has 3 nitrogen and oxygen atoms in total. The first kappa shape index (κ1) is 14.6. The molecule has 0 aliphatic heterocycles. The molecule has 0 N–H and O–H groups in total. The number of benzene rings is 1. The van der Waals surface area contributed by atoms with Gasteiger partial charge in [0, 0.05) is 6.61 Å². The van der Waals surface area contributed by atoms with Crippen LogP contribution in [0.1, 0.15) is 38.0 Å². The largest absolute Gasteiger partial charge is 0.380 e. The molecule has 104 valence electrons. The minimum atomic E-state index is -0.174. The summed E-state index contributed by atoms with van der Waals surface area (Å²) in [5.74, 6) is 0.831. The van der Waals surface area contributed by atoms with Gasteiger partial charge >= 0.3 is 0 Å². The number of hydrogen-bond acceptors (Lipinski definition) is 2. The van der Waals surface area contributed by atoms with Gasteiger partial charge in [0.05, 0.1) is 28.6 Å². The topological polar surface area (TPSA) is 27.1 Å². The van der Waals surface area contributed by atoms with Crippen LogP contribution in [0, 0.1) is 0 Å². The van der Waals surface area contributed by atoms with Crippen molar-refractivity contribution in [3.05, 3.63) is 29.0 Å². The van der Waals surface area contributed by atoms with Crippen molar-refractivity contribution in [2.24, 2.45) is 0 Å². The molecule has 0 saturated carbocycles. The van der Waals surface area contributed by atoms with Crippen LogP contribution < -0.4 is 0 Å². The normalized spacial score (nSPS) is 14.8. The van der Waals surface area contributed by atoms with E-state index in [0.717, 1.165) is 16.9 Å². The minimum absolute atomic E-state index is 0.166. The van der Waals surface area contributed by atoms with E-state index < -0.39 is 0 Å². The number of rotatable bonds is 5. The van der Waals surface area contributed by atoms with E-state index in [1.165, 1.54) is 0 Å². The molecule has 2 unspecified atom stereocenters. The molecule has 0 aliphatic rings. The highest BCUT2D eigenvalue weighted by Crippen LogP contribution is 2.31.